The molecule has 0 aliphatic heterocycles. The molecule has 0 saturated heterocycles. The number of hydrogen-bond acceptors (Lipinski definition) is 6. The number of aryl methyl sites for hydroxylation is 1. The summed E-state index contributed by atoms with van der Waals surface area (Å²) in [6.07, 6.45) is 0. The lowest BCUT2D eigenvalue weighted by molar-refractivity contribution is 0.0605. The van der Waals surface area contributed by atoms with E-state index in [2.05, 4.69) is 15.3 Å². The van der Waals surface area contributed by atoms with Gasteiger partial charge >= 0.3 is 5.97 Å². The molecule has 0 aliphatic rings. The second-order valence-electron chi connectivity index (χ2n) is 4.78. The Morgan fingerprint density at radius 3 is 2.80 bits per heavy atom. The third kappa shape index (κ3) is 2.73. The molecule has 2 rings (SSSR count). The molecule has 6 nitrogen and oxygen atoms in total. The van der Waals surface area contributed by atoms with Gasteiger partial charge in [-0.2, -0.15) is 0 Å². The molecule has 0 bridgehead atoms. The van der Waals surface area contributed by atoms with Gasteiger partial charge in [-0.1, -0.05) is 13.8 Å². The van der Waals surface area contributed by atoms with E-state index < -0.39 is 5.97 Å². The number of aromatic nitrogens is 2. The maximum atomic E-state index is 12.1. The number of fused-ring (bicyclic) bond motifs is 1. The van der Waals surface area contributed by atoms with Crippen LogP contribution in [0.4, 0.5) is 0 Å². The van der Waals surface area contributed by atoms with Crippen LogP contribution in [0, 0.1) is 6.92 Å². The summed E-state index contributed by atoms with van der Waals surface area (Å²) >= 11 is 1.19. The summed E-state index contributed by atoms with van der Waals surface area (Å²) < 4.78 is 4.71. The predicted octanol–water partition coefficient (Wildman–Crippen LogP) is 1.58. The molecule has 0 saturated carbocycles. The van der Waals surface area contributed by atoms with Crippen molar-refractivity contribution in [3.8, 4) is 0 Å². The number of hydrogen-bond donors (Lipinski definition) is 2. The van der Waals surface area contributed by atoms with Gasteiger partial charge in [-0.05, 0) is 12.5 Å². The highest BCUT2D eigenvalue weighted by molar-refractivity contribution is 7.20. The average molecular weight is 295 g/mol. The van der Waals surface area contributed by atoms with Crippen LogP contribution in [0.1, 0.15) is 34.9 Å². The summed E-state index contributed by atoms with van der Waals surface area (Å²) in [4.78, 5) is 31.9. The summed E-state index contributed by atoms with van der Waals surface area (Å²) in [6.45, 7) is 6.24. The zero-order chi connectivity index (χ0) is 14.9. The maximum Gasteiger partial charge on any atom is 0.348 e. The van der Waals surface area contributed by atoms with Gasteiger partial charge in [0.15, 0.2) is 0 Å². The summed E-state index contributed by atoms with van der Waals surface area (Å²) in [5.74, 6) is 0.126. The second kappa shape index (κ2) is 5.72. The number of esters is 1. The Balaban J connectivity index is 2.50. The Hall–Kier alpha value is -1.73. The van der Waals surface area contributed by atoms with Crippen molar-refractivity contribution in [2.45, 2.75) is 33.4 Å². The van der Waals surface area contributed by atoms with E-state index in [4.69, 9.17) is 4.74 Å². The first-order chi connectivity index (χ1) is 9.43. The van der Waals surface area contributed by atoms with Gasteiger partial charge in [-0.3, -0.25) is 4.79 Å². The number of carbonyl (C=O) groups excluding carboxylic acids is 1. The number of rotatable bonds is 4. The molecular weight excluding hydrogens is 278 g/mol. The van der Waals surface area contributed by atoms with Gasteiger partial charge in [0.1, 0.15) is 15.5 Å². The van der Waals surface area contributed by atoms with Gasteiger partial charge in [-0.15, -0.1) is 11.3 Å². The van der Waals surface area contributed by atoms with Gasteiger partial charge in [0.25, 0.3) is 5.56 Å². The summed E-state index contributed by atoms with van der Waals surface area (Å²) in [5, 5.41) is 3.65. The third-order valence-corrected chi connectivity index (χ3v) is 4.06. The third-order valence-electron chi connectivity index (χ3n) is 2.90. The van der Waals surface area contributed by atoms with Gasteiger partial charge in [0.2, 0.25) is 0 Å². The van der Waals surface area contributed by atoms with E-state index in [0.29, 0.717) is 39.1 Å². The number of carbonyl (C=O) groups is 1. The lowest BCUT2D eigenvalue weighted by Gasteiger charge is -2.06. The van der Waals surface area contributed by atoms with Crippen molar-refractivity contribution in [3.63, 3.8) is 0 Å². The number of H-pyrrole nitrogens is 1. The molecule has 0 unspecified atom stereocenters. The molecule has 7 heteroatoms. The Morgan fingerprint density at radius 1 is 1.50 bits per heavy atom. The van der Waals surface area contributed by atoms with Gasteiger partial charge in [0, 0.05) is 6.04 Å². The maximum absolute atomic E-state index is 12.1. The molecule has 2 N–H and O–H groups in total. The predicted molar refractivity (Wildman–Crippen MR) is 78.3 cm³/mol. The van der Waals surface area contributed by atoms with Crippen LogP contribution in [-0.4, -0.2) is 29.1 Å². The fraction of sp³-hybridized carbons (Fsp3) is 0.462. The Kier molecular flexibility index (Phi) is 4.20. The molecule has 2 aromatic rings. The SMILES string of the molecule is COC(=O)c1sc2nc(CNC(C)C)[nH]c(=O)c2c1C. The van der Waals surface area contributed by atoms with Crippen LogP contribution in [0.3, 0.4) is 0 Å². The Morgan fingerprint density at radius 2 is 2.20 bits per heavy atom. The molecule has 0 amide bonds. The zero-order valence-electron chi connectivity index (χ0n) is 11.9. The topological polar surface area (TPSA) is 84.1 Å². The highest BCUT2D eigenvalue weighted by Crippen LogP contribution is 2.27. The minimum atomic E-state index is -0.438. The molecule has 2 aromatic heterocycles. The lowest BCUT2D eigenvalue weighted by Crippen LogP contribution is -2.24. The molecule has 0 fully saturated rings. The number of thiophene rings is 1. The van der Waals surface area contributed by atoms with Crippen LogP contribution in [0.2, 0.25) is 0 Å². The number of ether oxygens (including phenoxy) is 1. The standard InChI is InChI=1S/C13H17N3O3S/c1-6(2)14-5-8-15-11(17)9-7(3)10(13(18)19-4)20-12(9)16-8/h6,14H,5H2,1-4H3,(H,15,16,17). The van der Waals surface area contributed by atoms with Crippen LogP contribution in [-0.2, 0) is 11.3 Å². The van der Waals surface area contributed by atoms with E-state index >= 15 is 0 Å². The Bertz CT molecular complexity index is 703. The van der Waals surface area contributed by atoms with Gasteiger partial charge in [0.05, 0.1) is 19.0 Å². The van der Waals surface area contributed by atoms with E-state index in [1.54, 1.807) is 6.92 Å². The molecule has 0 atom stereocenters. The largest absolute Gasteiger partial charge is 0.465 e. The van der Waals surface area contributed by atoms with E-state index in [1.165, 1.54) is 18.4 Å². The van der Waals surface area contributed by atoms with Crippen molar-refractivity contribution in [2.24, 2.45) is 0 Å². The summed E-state index contributed by atoms with van der Waals surface area (Å²) in [5.41, 5.74) is 0.397. The van der Waals surface area contributed by atoms with Gasteiger partial charge in [-0.25, -0.2) is 9.78 Å². The number of methoxy groups -OCH3 is 1. The smallest absolute Gasteiger partial charge is 0.348 e. The molecule has 108 valence electrons. The lowest BCUT2D eigenvalue weighted by atomic mass is 10.2. The zero-order valence-corrected chi connectivity index (χ0v) is 12.7. The first-order valence-corrected chi connectivity index (χ1v) is 7.09. The highest BCUT2D eigenvalue weighted by atomic mass is 32.1. The first-order valence-electron chi connectivity index (χ1n) is 6.28. The monoisotopic (exact) mass is 295 g/mol. The minimum absolute atomic E-state index is 0.223. The van der Waals surface area contributed by atoms with Crippen molar-refractivity contribution in [3.05, 3.63) is 26.6 Å². The van der Waals surface area contributed by atoms with Crippen LogP contribution < -0.4 is 10.9 Å². The van der Waals surface area contributed by atoms with Crippen molar-refractivity contribution in [1.82, 2.24) is 15.3 Å². The Labute approximate surface area is 120 Å². The molecule has 0 spiro atoms. The summed E-state index contributed by atoms with van der Waals surface area (Å²) in [7, 11) is 1.32. The van der Waals surface area contributed by atoms with E-state index in [1.807, 2.05) is 13.8 Å². The molecular formula is C13H17N3O3S. The number of aromatic amines is 1. The van der Waals surface area contributed by atoms with Crippen LogP contribution in [0.5, 0.6) is 0 Å². The molecule has 0 aromatic carbocycles. The van der Waals surface area contributed by atoms with Crippen LogP contribution in [0.15, 0.2) is 4.79 Å². The normalized spacial score (nSPS) is 11.2. The van der Waals surface area contributed by atoms with Crippen LogP contribution in [0.25, 0.3) is 10.2 Å². The molecule has 0 radical (unpaired) electrons. The summed E-state index contributed by atoms with van der Waals surface area (Å²) in [6, 6.07) is 0.298. The molecule has 20 heavy (non-hydrogen) atoms. The minimum Gasteiger partial charge on any atom is -0.465 e. The van der Waals surface area contributed by atoms with Gasteiger partial charge < -0.3 is 15.0 Å². The van der Waals surface area contributed by atoms with E-state index in [0.717, 1.165) is 0 Å². The van der Waals surface area contributed by atoms with E-state index in [9.17, 15) is 9.59 Å². The molecule has 0 aliphatic carbocycles. The van der Waals surface area contributed by atoms with Crippen molar-refractivity contribution in [1.29, 1.82) is 0 Å². The number of nitrogens with zero attached hydrogens (tertiary/aromatic N) is 1. The van der Waals surface area contributed by atoms with E-state index in [-0.39, 0.29) is 5.56 Å². The van der Waals surface area contributed by atoms with Crippen molar-refractivity contribution < 1.29 is 9.53 Å². The van der Waals surface area contributed by atoms with Crippen molar-refractivity contribution >= 4 is 27.5 Å². The second-order valence-corrected chi connectivity index (χ2v) is 5.78. The molecule has 2 heterocycles. The quantitative estimate of drug-likeness (QED) is 0.837. The first kappa shape index (κ1) is 14.7. The highest BCUT2D eigenvalue weighted by Gasteiger charge is 2.19. The fourth-order valence-corrected chi connectivity index (χ4v) is 2.98. The number of nitrogens with one attached hydrogen (secondary N) is 2. The average Bonchev–Trinajstić information content (AvgIpc) is 2.73. The van der Waals surface area contributed by atoms with Crippen LogP contribution >= 0.6 is 11.3 Å². The fourth-order valence-electron chi connectivity index (χ4n) is 1.86. The van der Waals surface area contributed by atoms with Crippen molar-refractivity contribution in [2.75, 3.05) is 7.11 Å².